The third-order valence-electron chi connectivity index (χ3n) is 3.83. The molecule has 118 valence electrons. The van der Waals surface area contributed by atoms with E-state index in [2.05, 4.69) is 36.3 Å². The Bertz CT molecular complexity index is 286. The SMILES string of the molecule is CCCC(C)NC(=O)C(C)NCC1CN(CC)CCO1. The number of hydrogen-bond donors (Lipinski definition) is 2. The maximum absolute atomic E-state index is 12.0. The minimum atomic E-state index is -0.171. The van der Waals surface area contributed by atoms with Gasteiger partial charge in [-0.05, 0) is 26.8 Å². The van der Waals surface area contributed by atoms with Crippen LogP contribution in [0.2, 0.25) is 0 Å². The molecule has 1 aliphatic rings. The maximum Gasteiger partial charge on any atom is 0.237 e. The minimum Gasteiger partial charge on any atom is -0.374 e. The normalized spacial score (nSPS) is 23.3. The fourth-order valence-electron chi connectivity index (χ4n) is 2.47. The molecule has 0 aromatic rings. The fraction of sp³-hybridized carbons (Fsp3) is 0.933. The quantitative estimate of drug-likeness (QED) is 0.698. The number of nitrogens with zero attached hydrogens (tertiary/aromatic N) is 1. The van der Waals surface area contributed by atoms with Crippen LogP contribution in [0.5, 0.6) is 0 Å². The van der Waals surface area contributed by atoms with Crippen LogP contribution in [0.25, 0.3) is 0 Å². The standard InChI is InChI=1S/C15H31N3O2/c1-5-7-12(3)17-15(19)13(4)16-10-14-11-18(6-2)8-9-20-14/h12-14,16H,5-11H2,1-4H3,(H,17,19). The lowest BCUT2D eigenvalue weighted by atomic mass is 10.2. The molecular formula is C15H31N3O2. The molecule has 0 saturated carbocycles. The zero-order valence-electron chi connectivity index (χ0n) is 13.4. The summed E-state index contributed by atoms with van der Waals surface area (Å²) in [5.41, 5.74) is 0. The monoisotopic (exact) mass is 285 g/mol. The van der Waals surface area contributed by atoms with E-state index in [4.69, 9.17) is 4.74 Å². The number of likely N-dealkylation sites (N-methyl/N-ethyl adjacent to an activating group) is 1. The van der Waals surface area contributed by atoms with E-state index in [1.807, 2.05) is 6.92 Å². The maximum atomic E-state index is 12.0. The van der Waals surface area contributed by atoms with Crippen LogP contribution in [0.15, 0.2) is 0 Å². The zero-order valence-corrected chi connectivity index (χ0v) is 13.4. The Kier molecular flexibility index (Phi) is 8.11. The first-order valence-corrected chi connectivity index (χ1v) is 7.94. The lowest BCUT2D eigenvalue weighted by Gasteiger charge is -2.32. The molecule has 1 aliphatic heterocycles. The van der Waals surface area contributed by atoms with Crippen molar-refractivity contribution < 1.29 is 9.53 Å². The first kappa shape index (κ1) is 17.4. The van der Waals surface area contributed by atoms with Crippen molar-refractivity contribution in [3.05, 3.63) is 0 Å². The van der Waals surface area contributed by atoms with Crippen molar-refractivity contribution in [2.45, 2.75) is 58.7 Å². The molecule has 1 heterocycles. The molecule has 0 spiro atoms. The van der Waals surface area contributed by atoms with Gasteiger partial charge in [0.1, 0.15) is 0 Å². The van der Waals surface area contributed by atoms with Gasteiger partial charge in [0.15, 0.2) is 0 Å². The van der Waals surface area contributed by atoms with Gasteiger partial charge in [0, 0.05) is 25.7 Å². The van der Waals surface area contributed by atoms with E-state index in [1.165, 1.54) is 0 Å². The summed E-state index contributed by atoms with van der Waals surface area (Å²) in [5.74, 6) is 0.0779. The van der Waals surface area contributed by atoms with Crippen molar-refractivity contribution in [2.24, 2.45) is 0 Å². The summed E-state index contributed by atoms with van der Waals surface area (Å²) < 4.78 is 5.72. The number of carbonyl (C=O) groups excluding carboxylic acids is 1. The van der Waals surface area contributed by atoms with E-state index in [1.54, 1.807) is 0 Å². The van der Waals surface area contributed by atoms with Crippen molar-refractivity contribution in [1.29, 1.82) is 0 Å². The lowest BCUT2D eigenvalue weighted by Crippen LogP contribution is -2.51. The second-order valence-corrected chi connectivity index (χ2v) is 5.71. The van der Waals surface area contributed by atoms with Crippen molar-refractivity contribution in [2.75, 3.05) is 32.8 Å². The van der Waals surface area contributed by atoms with Gasteiger partial charge in [0.25, 0.3) is 0 Å². The predicted molar refractivity (Wildman–Crippen MR) is 81.8 cm³/mol. The van der Waals surface area contributed by atoms with Crippen LogP contribution >= 0.6 is 0 Å². The molecule has 3 atom stereocenters. The van der Waals surface area contributed by atoms with Gasteiger partial charge in [-0.15, -0.1) is 0 Å². The summed E-state index contributed by atoms with van der Waals surface area (Å²) in [4.78, 5) is 14.4. The third-order valence-corrected chi connectivity index (χ3v) is 3.83. The Morgan fingerprint density at radius 1 is 1.40 bits per heavy atom. The second-order valence-electron chi connectivity index (χ2n) is 5.71. The molecule has 2 N–H and O–H groups in total. The minimum absolute atomic E-state index is 0.0779. The van der Waals surface area contributed by atoms with Crippen LogP contribution in [0, 0.1) is 0 Å². The molecule has 20 heavy (non-hydrogen) atoms. The molecule has 3 unspecified atom stereocenters. The summed E-state index contributed by atoms with van der Waals surface area (Å²) in [6, 6.07) is 0.0770. The van der Waals surface area contributed by atoms with Crippen LogP contribution in [0.3, 0.4) is 0 Å². The molecular weight excluding hydrogens is 254 g/mol. The Hall–Kier alpha value is -0.650. The number of amides is 1. The van der Waals surface area contributed by atoms with Crippen molar-refractivity contribution in [3.8, 4) is 0 Å². The Morgan fingerprint density at radius 2 is 2.15 bits per heavy atom. The molecule has 5 nitrogen and oxygen atoms in total. The summed E-state index contributed by atoms with van der Waals surface area (Å²) in [7, 11) is 0. The molecule has 1 rings (SSSR count). The highest BCUT2D eigenvalue weighted by Crippen LogP contribution is 2.04. The van der Waals surface area contributed by atoms with Gasteiger partial charge >= 0.3 is 0 Å². The Balaban J connectivity index is 2.24. The summed E-state index contributed by atoms with van der Waals surface area (Å²) in [6.45, 7) is 12.8. The highest BCUT2D eigenvalue weighted by molar-refractivity contribution is 5.81. The molecule has 5 heteroatoms. The fourth-order valence-corrected chi connectivity index (χ4v) is 2.47. The smallest absolute Gasteiger partial charge is 0.237 e. The largest absolute Gasteiger partial charge is 0.374 e. The van der Waals surface area contributed by atoms with Gasteiger partial charge in [-0.1, -0.05) is 20.3 Å². The van der Waals surface area contributed by atoms with Crippen LogP contribution in [-0.2, 0) is 9.53 Å². The number of nitrogens with one attached hydrogen (secondary N) is 2. The first-order chi connectivity index (χ1) is 9.56. The van der Waals surface area contributed by atoms with Crippen LogP contribution in [0.4, 0.5) is 0 Å². The van der Waals surface area contributed by atoms with Crippen molar-refractivity contribution in [1.82, 2.24) is 15.5 Å². The highest BCUT2D eigenvalue weighted by Gasteiger charge is 2.21. The van der Waals surface area contributed by atoms with Gasteiger partial charge in [-0.25, -0.2) is 0 Å². The van der Waals surface area contributed by atoms with Gasteiger partial charge in [-0.3, -0.25) is 9.69 Å². The van der Waals surface area contributed by atoms with Crippen LogP contribution < -0.4 is 10.6 Å². The van der Waals surface area contributed by atoms with E-state index in [0.29, 0.717) is 0 Å². The molecule has 1 saturated heterocycles. The number of carbonyl (C=O) groups is 1. The van der Waals surface area contributed by atoms with Gasteiger partial charge in [0.05, 0.1) is 18.8 Å². The molecule has 1 amide bonds. The highest BCUT2D eigenvalue weighted by atomic mass is 16.5. The lowest BCUT2D eigenvalue weighted by molar-refractivity contribution is -0.123. The average Bonchev–Trinajstić information content (AvgIpc) is 2.45. The van der Waals surface area contributed by atoms with E-state index in [9.17, 15) is 4.79 Å². The van der Waals surface area contributed by atoms with Gasteiger partial charge < -0.3 is 15.4 Å². The number of ether oxygens (including phenoxy) is 1. The summed E-state index contributed by atoms with van der Waals surface area (Å²) in [6.07, 6.45) is 2.30. The number of morpholine rings is 1. The zero-order chi connectivity index (χ0) is 15.0. The van der Waals surface area contributed by atoms with Gasteiger partial charge in [0.2, 0.25) is 5.91 Å². The topological polar surface area (TPSA) is 53.6 Å². The van der Waals surface area contributed by atoms with E-state index in [-0.39, 0.29) is 24.1 Å². The van der Waals surface area contributed by atoms with E-state index >= 15 is 0 Å². The molecule has 0 radical (unpaired) electrons. The van der Waals surface area contributed by atoms with Crippen LogP contribution in [-0.4, -0.2) is 61.8 Å². The summed E-state index contributed by atoms with van der Waals surface area (Å²) in [5, 5.41) is 6.32. The third kappa shape index (κ3) is 6.20. The predicted octanol–water partition coefficient (Wildman–Crippen LogP) is 0.990. The second kappa shape index (κ2) is 9.32. The molecule has 0 bridgehead atoms. The first-order valence-electron chi connectivity index (χ1n) is 7.94. The van der Waals surface area contributed by atoms with Crippen molar-refractivity contribution >= 4 is 5.91 Å². The number of hydrogen-bond acceptors (Lipinski definition) is 4. The Labute approximate surface area is 123 Å². The van der Waals surface area contributed by atoms with E-state index < -0.39 is 0 Å². The summed E-state index contributed by atoms with van der Waals surface area (Å²) >= 11 is 0. The number of rotatable bonds is 8. The van der Waals surface area contributed by atoms with Crippen LogP contribution in [0.1, 0.15) is 40.5 Å². The molecule has 0 aromatic carbocycles. The van der Waals surface area contributed by atoms with Crippen molar-refractivity contribution in [3.63, 3.8) is 0 Å². The van der Waals surface area contributed by atoms with E-state index in [0.717, 1.165) is 45.6 Å². The Morgan fingerprint density at radius 3 is 2.80 bits per heavy atom. The average molecular weight is 285 g/mol. The molecule has 1 fully saturated rings. The molecule has 0 aromatic heterocycles. The van der Waals surface area contributed by atoms with Gasteiger partial charge in [-0.2, -0.15) is 0 Å². The molecule has 0 aliphatic carbocycles.